The van der Waals surface area contributed by atoms with Gasteiger partial charge in [0.15, 0.2) is 0 Å². The molecule has 0 saturated heterocycles. The van der Waals surface area contributed by atoms with Gasteiger partial charge in [-0.1, -0.05) is 5.16 Å². The number of hydrogen-bond acceptors (Lipinski definition) is 4. The zero-order valence-electron chi connectivity index (χ0n) is 7.78. The van der Waals surface area contributed by atoms with Crippen molar-refractivity contribution in [3.05, 3.63) is 18.0 Å². The Morgan fingerprint density at radius 1 is 1.69 bits per heavy atom. The second-order valence-corrected chi connectivity index (χ2v) is 2.88. The summed E-state index contributed by atoms with van der Waals surface area (Å²) in [6.45, 7) is 0.871. The summed E-state index contributed by atoms with van der Waals surface area (Å²) in [6, 6.07) is 1.76. The molecule has 1 aromatic rings. The monoisotopic (exact) mass is 183 g/mol. The molecule has 13 heavy (non-hydrogen) atoms. The molecule has 0 unspecified atom stereocenters. The van der Waals surface area contributed by atoms with Crippen LogP contribution in [0, 0.1) is 0 Å². The molecule has 1 aromatic heterocycles. The molecule has 0 aromatic carbocycles. The summed E-state index contributed by atoms with van der Waals surface area (Å²) in [5, 5.41) is 6.65. The van der Waals surface area contributed by atoms with Gasteiger partial charge in [0.1, 0.15) is 6.26 Å². The molecule has 1 amide bonds. The van der Waals surface area contributed by atoms with E-state index in [0.717, 1.165) is 5.69 Å². The van der Waals surface area contributed by atoms with Crippen LogP contribution in [0.1, 0.15) is 5.69 Å². The van der Waals surface area contributed by atoms with Gasteiger partial charge >= 0.3 is 0 Å². The zero-order chi connectivity index (χ0) is 9.68. The van der Waals surface area contributed by atoms with E-state index in [1.165, 1.54) is 11.2 Å². The lowest BCUT2D eigenvalue weighted by Gasteiger charge is -2.09. The van der Waals surface area contributed by atoms with Gasteiger partial charge < -0.3 is 14.7 Å². The molecule has 0 aliphatic rings. The first-order valence-corrected chi connectivity index (χ1v) is 4.00. The molecule has 0 radical (unpaired) electrons. The van der Waals surface area contributed by atoms with E-state index in [2.05, 4.69) is 15.0 Å². The highest BCUT2D eigenvalue weighted by atomic mass is 16.5. The van der Waals surface area contributed by atoms with E-state index in [1.54, 1.807) is 20.2 Å². The fraction of sp³-hybridized carbons (Fsp3) is 0.500. The smallest absolute Gasteiger partial charge is 0.236 e. The number of rotatable bonds is 4. The van der Waals surface area contributed by atoms with Crippen LogP contribution >= 0.6 is 0 Å². The van der Waals surface area contributed by atoms with E-state index in [4.69, 9.17) is 0 Å². The minimum Gasteiger partial charge on any atom is -0.364 e. The van der Waals surface area contributed by atoms with Crippen molar-refractivity contribution in [2.24, 2.45) is 0 Å². The summed E-state index contributed by atoms with van der Waals surface area (Å²) in [5.74, 6) is 0.0449. The van der Waals surface area contributed by atoms with Crippen LogP contribution in [-0.2, 0) is 11.3 Å². The third-order valence-electron chi connectivity index (χ3n) is 1.57. The Labute approximate surface area is 76.7 Å². The second kappa shape index (κ2) is 4.61. The minimum atomic E-state index is 0.0449. The summed E-state index contributed by atoms with van der Waals surface area (Å²) < 4.78 is 4.63. The lowest BCUT2D eigenvalue weighted by molar-refractivity contribution is -0.127. The van der Waals surface area contributed by atoms with Crippen molar-refractivity contribution in [3.63, 3.8) is 0 Å². The Morgan fingerprint density at radius 2 is 2.46 bits per heavy atom. The first-order chi connectivity index (χ1) is 6.20. The summed E-state index contributed by atoms with van der Waals surface area (Å²) in [7, 11) is 3.44. The first kappa shape index (κ1) is 9.73. The van der Waals surface area contributed by atoms with E-state index in [0.29, 0.717) is 13.1 Å². The van der Waals surface area contributed by atoms with Crippen molar-refractivity contribution < 1.29 is 9.32 Å². The topological polar surface area (TPSA) is 58.4 Å². The molecule has 72 valence electrons. The summed E-state index contributed by atoms with van der Waals surface area (Å²) in [4.78, 5) is 12.6. The van der Waals surface area contributed by atoms with Crippen molar-refractivity contribution in [1.82, 2.24) is 15.4 Å². The SMILES string of the molecule is CN(C)C(=O)CNCc1ccon1. The fourth-order valence-corrected chi connectivity index (χ4v) is 0.784. The Balaban J connectivity index is 2.18. The predicted octanol–water partition coefficient (Wildman–Crippen LogP) is -0.148. The van der Waals surface area contributed by atoms with Gasteiger partial charge in [0, 0.05) is 26.7 Å². The molecule has 0 saturated carbocycles. The quantitative estimate of drug-likeness (QED) is 0.705. The number of nitrogens with one attached hydrogen (secondary N) is 1. The highest BCUT2D eigenvalue weighted by molar-refractivity contribution is 5.77. The van der Waals surface area contributed by atoms with Gasteiger partial charge in [-0.3, -0.25) is 4.79 Å². The number of aromatic nitrogens is 1. The van der Waals surface area contributed by atoms with Gasteiger partial charge in [-0.15, -0.1) is 0 Å². The average Bonchev–Trinajstić information content (AvgIpc) is 2.56. The molecular formula is C8H13N3O2. The van der Waals surface area contributed by atoms with Crippen LogP contribution in [0.5, 0.6) is 0 Å². The molecule has 0 fully saturated rings. The Kier molecular flexibility index (Phi) is 3.45. The van der Waals surface area contributed by atoms with Crippen molar-refractivity contribution in [1.29, 1.82) is 0 Å². The van der Waals surface area contributed by atoms with E-state index >= 15 is 0 Å². The lowest BCUT2D eigenvalue weighted by Crippen LogP contribution is -2.32. The van der Waals surface area contributed by atoms with Crippen LogP contribution in [0.4, 0.5) is 0 Å². The van der Waals surface area contributed by atoms with Crippen LogP contribution in [0.25, 0.3) is 0 Å². The summed E-state index contributed by atoms with van der Waals surface area (Å²) in [6.07, 6.45) is 1.50. The third kappa shape index (κ3) is 3.25. The molecule has 0 bridgehead atoms. The van der Waals surface area contributed by atoms with E-state index in [1.807, 2.05) is 0 Å². The maximum Gasteiger partial charge on any atom is 0.236 e. The number of hydrogen-bond donors (Lipinski definition) is 1. The Hall–Kier alpha value is -1.36. The van der Waals surface area contributed by atoms with Crippen molar-refractivity contribution in [3.8, 4) is 0 Å². The van der Waals surface area contributed by atoms with Crippen molar-refractivity contribution >= 4 is 5.91 Å². The van der Waals surface area contributed by atoms with Gasteiger partial charge in [-0.25, -0.2) is 0 Å². The van der Waals surface area contributed by atoms with Gasteiger partial charge in [0.2, 0.25) is 5.91 Å². The number of carbonyl (C=O) groups is 1. The molecule has 0 aliphatic carbocycles. The molecule has 0 aliphatic heterocycles. The van der Waals surface area contributed by atoms with E-state index in [9.17, 15) is 4.79 Å². The molecule has 5 nitrogen and oxygen atoms in total. The Bertz CT molecular complexity index is 256. The summed E-state index contributed by atoms with van der Waals surface area (Å²) in [5.41, 5.74) is 0.798. The maximum atomic E-state index is 11.1. The highest BCUT2D eigenvalue weighted by Crippen LogP contribution is 1.92. The fourth-order valence-electron chi connectivity index (χ4n) is 0.784. The van der Waals surface area contributed by atoms with E-state index in [-0.39, 0.29) is 5.91 Å². The second-order valence-electron chi connectivity index (χ2n) is 2.88. The zero-order valence-corrected chi connectivity index (χ0v) is 7.78. The van der Waals surface area contributed by atoms with E-state index < -0.39 is 0 Å². The normalized spacial score (nSPS) is 10.0. The molecular weight excluding hydrogens is 170 g/mol. The average molecular weight is 183 g/mol. The van der Waals surface area contributed by atoms with Gasteiger partial charge in [-0.2, -0.15) is 0 Å². The van der Waals surface area contributed by atoms with Gasteiger partial charge in [0.25, 0.3) is 0 Å². The molecule has 0 spiro atoms. The molecule has 1 heterocycles. The standard InChI is InChI=1S/C8H13N3O2/c1-11(2)8(12)6-9-5-7-3-4-13-10-7/h3-4,9H,5-6H2,1-2H3. The molecule has 0 atom stereocenters. The predicted molar refractivity (Wildman–Crippen MR) is 46.9 cm³/mol. The van der Waals surface area contributed by atoms with Crippen LogP contribution < -0.4 is 5.32 Å². The Morgan fingerprint density at radius 3 is 3.00 bits per heavy atom. The van der Waals surface area contributed by atoms with Crippen LogP contribution in [0.15, 0.2) is 16.9 Å². The van der Waals surface area contributed by atoms with Crippen LogP contribution in [0.2, 0.25) is 0 Å². The molecule has 1 N–H and O–H groups in total. The largest absolute Gasteiger partial charge is 0.364 e. The van der Waals surface area contributed by atoms with Gasteiger partial charge in [0.05, 0.1) is 12.2 Å². The minimum absolute atomic E-state index is 0.0449. The first-order valence-electron chi connectivity index (χ1n) is 4.00. The summed E-state index contributed by atoms with van der Waals surface area (Å²) >= 11 is 0. The number of likely N-dealkylation sites (N-methyl/N-ethyl adjacent to an activating group) is 1. The van der Waals surface area contributed by atoms with Crippen molar-refractivity contribution in [2.75, 3.05) is 20.6 Å². The van der Waals surface area contributed by atoms with Crippen LogP contribution in [0.3, 0.4) is 0 Å². The molecule has 1 rings (SSSR count). The maximum absolute atomic E-state index is 11.1. The highest BCUT2D eigenvalue weighted by Gasteiger charge is 2.02. The lowest BCUT2D eigenvalue weighted by atomic mass is 10.4. The number of nitrogens with zero attached hydrogens (tertiary/aromatic N) is 2. The number of carbonyl (C=O) groups excluding carboxylic acids is 1. The molecule has 5 heteroatoms. The van der Waals surface area contributed by atoms with Gasteiger partial charge in [-0.05, 0) is 0 Å². The van der Waals surface area contributed by atoms with Crippen LogP contribution in [-0.4, -0.2) is 36.6 Å². The number of amides is 1. The third-order valence-corrected chi connectivity index (χ3v) is 1.57. The van der Waals surface area contributed by atoms with Crippen molar-refractivity contribution in [2.45, 2.75) is 6.54 Å².